The van der Waals surface area contributed by atoms with Crippen molar-refractivity contribution in [3.05, 3.63) is 150 Å². The van der Waals surface area contributed by atoms with Gasteiger partial charge in [-0.2, -0.15) is 10.5 Å². The molecule has 0 fully saturated rings. The number of aromatic nitrogens is 1. The van der Waals surface area contributed by atoms with Crippen molar-refractivity contribution in [2.24, 2.45) is 5.92 Å². The molecule has 1 aliphatic carbocycles. The van der Waals surface area contributed by atoms with Crippen molar-refractivity contribution in [1.29, 1.82) is 10.5 Å². The van der Waals surface area contributed by atoms with Crippen molar-refractivity contribution >= 4 is 33.2 Å². The van der Waals surface area contributed by atoms with Gasteiger partial charge in [0.25, 0.3) is 0 Å². The van der Waals surface area contributed by atoms with Crippen LogP contribution in [0.2, 0.25) is 0 Å². The molecule has 5 aromatic carbocycles. The zero-order chi connectivity index (χ0) is 29.1. The minimum Gasteiger partial charge on any atom is -0.334 e. The van der Waals surface area contributed by atoms with Gasteiger partial charge in [-0.3, -0.25) is 0 Å². The molecule has 2 heterocycles. The first-order valence-corrected chi connectivity index (χ1v) is 14.8. The third-order valence-corrected chi connectivity index (χ3v) is 9.44. The van der Waals surface area contributed by atoms with Crippen LogP contribution in [0.4, 0.5) is 11.4 Å². The molecule has 0 spiro atoms. The highest BCUT2D eigenvalue weighted by atomic mass is 15.2. The van der Waals surface area contributed by atoms with Gasteiger partial charge in [0.2, 0.25) is 0 Å². The molecule has 0 bridgehead atoms. The molecule has 0 saturated heterocycles. The highest BCUT2D eigenvalue weighted by Gasteiger charge is 2.45. The first kappa shape index (κ1) is 25.2. The number of nitriles is 2. The van der Waals surface area contributed by atoms with E-state index in [0.29, 0.717) is 17.0 Å². The Labute approximate surface area is 251 Å². The molecule has 0 radical (unpaired) electrons. The fourth-order valence-corrected chi connectivity index (χ4v) is 7.63. The van der Waals surface area contributed by atoms with Gasteiger partial charge < -0.3 is 9.47 Å². The van der Waals surface area contributed by atoms with Crippen LogP contribution in [0.5, 0.6) is 0 Å². The number of fused-ring (bicyclic) bond motifs is 6. The average Bonchev–Trinajstić information content (AvgIpc) is 3.58. The van der Waals surface area contributed by atoms with Gasteiger partial charge in [0, 0.05) is 39.7 Å². The number of rotatable bonds is 3. The number of para-hydroxylation sites is 3. The van der Waals surface area contributed by atoms with Crippen LogP contribution in [0.25, 0.3) is 27.5 Å². The molecule has 0 amide bonds. The monoisotopic (exact) mass is 552 g/mol. The fourth-order valence-electron chi connectivity index (χ4n) is 7.63. The summed E-state index contributed by atoms with van der Waals surface area (Å²) in [4.78, 5) is 2.41. The molecular formula is C39H28N4. The molecule has 2 aliphatic rings. The predicted molar refractivity (Wildman–Crippen MR) is 173 cm³/mol. The number of allylic oxidation sites excluding steroid dienone is 1. The summed E-state index contributed by atoms with van der Waals surface area (Å²) in [5.41, 5.74) is 9.66. The molecule has 8 rings (SSSR count). The number of nitrogens with zero attached hydrogens (tertiary/aromatic N) is 4. The fraction of sp³-hybridized carbons (Fsp3) is 0.128. The lowest BCUT2D eigenvalue weighted by Gasteiger charge is -2.38. The van der Waals surface area contributed by atoms with Gasteiger partial charge in [0.1, 0.15) is 0 Å². The number of hydrogen-bond donors (Lipinski definition) is 0. The average molecular weight is 553 g/mol. The topological polar surface area (TPSA) is 55.8 Å². The smallest absolute Gasteiger partial charge is 0.0992 e. The van der Waals surface area contributed by atoms with Crippen molar-refractivity contribution in [2.45, 2.75) is 24.8 Å². The van der Waals surface area contributed by atoms with E-state index in [-0.39, 0.29) is 17.9 Å². The Bertz CT molecular complexity index is 2160. The predicted octanol–water partition coefficient (Wildman–Crippen LogP) is 9.12. The molecule has 4 nitrogen and oxygen atoms in total. The van der Waals surface area contributed by atoms with Crippen molar-refractivity contribution < 1.29 is 0 Å². The maximum Gasteiger partial charge on any atom is 0.0992 e. The normalized spacial score (nSPS) is 20.5. The summed E-state index contributed by atoms with van der Waals surface area (Å²) < 4.78 is 2.37. The lowest BCUT2D eigenvalue weighted by molar-refractivity contribution is 0.389. The highest BCUT2D eigenvalue weighted by molar-refractivity contribution is 6.11. The summed E-state index contributed by atoms with van der Waals surface area (Å²) in [7, 11) is 0. The molecular weight excluding hydrogens is 524 g/mol. The Kier molecular flexibility index (Phi) is 5.71. The number of anilines is 2. The first-order chi connectivity index (χ1) is 21.2. The van der Waals surface area contributed by atoms with E-state index in [9.17, 15) is 10.5 Å². The summed E-state index contributed by atoms with van der Waals surface area (Å²) in [5.74, 6) is 0.778. The minimum absolute atomic E-state index is 0.162. The van der Waals surface area contributed by atoms with Crippen LogP contribution in [0, 0.1) is 28.6 Å². The van der Waals surface area contributed by atoms with Gasteiger partial charge in [-0.25, -0.2) is 0 Å². The maximum absolute atomic E-state index is 9.70. The van der Waals surface area contributed by atoms with Gasteiger partial charge in [0.05, 0.1) is 40.3 Å². The van der Waals surface area contributed by atoms with E-state index < -0.39 is 0 Å². The van der Waals surface area contributed by atoms with Crippen LogP contribution >= 0.6 is 0 Å². The van der Waals surface area contributed by atoms with E-state index in [4.69, 9.17) is 0 Å². The van der Waals surface area contributed by atoms with Crippen LogP contribution in [-0.4, -0.2) is 10.6 Å². The van der Waals surface area contributed by atoms with Crippen LogP contribution in [0.1, 0.15) is 41.0 Å². The minimum atomic E-state index is 0.162. The quantitative estimate of drug-likeness (QED) is 0.206. The molecule has 43 heavy (non-hydrogen) atoms. The Balaban J connectivity index is 1.33. The molecule has 0 saturated carbocycles. The molecule has 4 atom stereocenters. The highest BCUT2D eigenvalue weighted by Crippen LogP contribution is 2.55. The Morgan fingerprint density at radius 1 is 0.628 bits per heavy atom. The van der Waals surface area contributed by atoms with Crippen LogP contribution in [0.15, 0.2) is 127 Å². The van der Waals surface area contributed by atoms with E-state index >= 15 is 0 Å². The summed E-state index contributed by atoms with van der Waals surface area (Å²) in [6.45, 7) is 2.39. The van der Waals surface area contributed by atoms with Gasteiger partial charge in [-0.15, -0.1) is 0 Å². The number of hydrogen-bond acceptors (Lipinski definition) is 3. The third kappa shape index (κ3) is 3.74. The van der Waals surface area contributed by atoms with E-state index in [2.05, 4.69) is 120 Å². The second kappa shape index (κ2) is 9.76. The van der Waals surface area contributed by atoms with Crippen molar-refractivity contribution in [3.63, 3.8) is 0 Å². The van der Waals surface area contributed by atoms with Crippen molar-refractivity contribution in [2.75, 3.05) is 4.90 Å². The largest absolute Gasteiger partial charge is 0.334 e. The molecule has 204 valence electrons. The molecule has 0 N–H and O–H groups in total. The lowest BCUT2D eigenvalue weighted by atomic mass is 9.70. The Morgan fingerprint density at radius 2 is 1.35 bits per heavy atom. The maximum atomic E-state index is 9.70. The van der Waals surface area contributed by atoms with E-state index in [0.717, 1.165) is 27.7 Å². The third-order valence-electron chi connectivity index (χ3n) is 9.44. The lowest BCUT2D eigenvalue weighted by Crippen LogP contribution is -2.35. The Hall–Kier alpha value is -5.58. The second-order valence-electron chi connectivity index (χ2n) is 11.6. The molecule has 1 aromatic heterocycles. The van der Waals surface area contributed by atoms with E-state index in [1.165, 1.54) is 22.3 Å². The molecule has 4 heteroatoms. The van der Waals surface area contributed by atoms with Crippen LogP contribution < -0.4 is 4.90 Å². The van der Waals surface area contributed by atoms with Crippen molar-refractivity contribution in [1.82, 2.24) is 4.57 Å². The molecule has 1 aliphatic heterocycles. The van der Waals surface area contributed by atoms with Gasteiger partial charge in [-0.1, -0.05) is 79.7 Å². The Morgan fingerprint density at radius 3 is 2.19 bits per heavy atom. The summed E-state index contributed by atoms with van der Waals surface area (Å²) in [6, 6.07) is 44.7. The van der Waals surface area contributed by atoms with Crippen LogP contribution in [0.3, 0.4) is 0 Å². The van der Waals surface area contributed by atoms with E-state index in [1.807, 2.05) is 36.4 Å². The zero-order valence-corrected chi connectivity index (χ0v) is 23.7. The van der Waals surface area contributed by atoms with Crippen LogP contribution in [-0.2, 0) is 0 Å². The van der Waals surface area contributed by atoms with Crippen molar-refractivity contribution in [3.8, 4) is 17.8 Å². The SMILES string of the molecule is CC1C(c2cccc3c4cc(C#N)ccc4n(-c4ccccc4)c23)C=CC2C1c1ccccc1N2c1cccc(C#N)c1. The van der Waals surface area contributed by atoms with Gasteiger partial charge in [-0.05, 0) is 71.6 Å². The first-order valence-electron chi connectivity index (χ1n) is 14.8. The zero-order valence-electron chi connectivity index (χ0n) is 23.7. The summed E-state index contributed by atoms with van der Waals surface area (Å²) in [6.07, 6.45) is 4.79. The van der Waals surface area contributed by atoms with E-state index in [1.54, 1.807) is 0 Å². The summed E-state index contributed by atoms with van der Waals surface area (Å²) >= 11 is 0. The number of benzene rings is 5. The molecule has 6 aromatic rings. The second-order valence-corrected chi connectivity index (χ2v) is 11.6. The summed E-state index contributed by atoms with van der Waals surface area (Å²) in [5, 5.41) is 21.6. The van der Waals surface area contributed by atoms with Gasteiger partial charge in [0.15, 0.2) is 0 Å². The standard InChI is InChI=1S/C39H28N4/c1-25-30(18-20-37-38(25)33-13-5-6-16-35(33)42(37)29-12-7-9-26(21-29)23-40)31-14-8-15-32-34-22-27(24-41)17-19-36(34)43(39(31)32)28-10-3-2-4-11-28/h2-22,25,30,37-38H,1H3. The molecule has 4 unspecified atom stereocenters. The van der Waals surface area contributed by atoms with Gasteiger partial charge >= 0.3 is 0 Å².